The van der Waals surface area contributed by atoms with Crippen LogP contribution >= 0.6 is 0 Å². The van der Waals surface area contributed by atoms with Crippen LogP contribution in [-0.4, -0.2) is 53.9 Å². The summed E-state index contributed by atoms with van der Waals surface area (Å²) >= 11 is 0. The highest BCUT2D eigenvalue weighted by molar-refractivity contribution is 5.94. The first-order valence-corrected chi connectivity index (χ1v) is 7.94. The predicted octanol–water partition coefficient (Wildman–Crippen LogP) is 2.08. The average Bonchev–Trinajstić information content (AvgIpc) is 2.63. The molecule has 0 atom stereocenters. The number of piperazine rings is 1. The molecule has 120 valence electrons. The van der Waals surface area contributed by atoms with E-state index in [4.69, 9.17) is 0 Å². The van der Waals surface area contributed by atoms with Crippen LogP contribution < -0.4 is 5.32 Å². The van der Waals surface area contributed by atoms with Crippen molar-refractivity contribution in [2.24, 2.45) is 0 Å². The highest BCUT2D eigenvalue weighted by Gasteiger charge is 2.22. The van der Waals surface area contributed by atoms with E-state index in [1.807, 2.05) is 48.5 Å². The Morgan fingerprint density at radius 3 is 2.48 bits per heavy atom. The van der Waals surface area contributed by atoms with Gasteiger partial charge in [-0.15, -0.1) is 0 Å². The van der Waals surface area contributed by atoms with Gasteiger partial charge in [0.15, 0.2) is 0 Å². The lowest BCUT2D eigenvalue weighted by atomic mass is 10.1. The van der Waals surface area contributed by atoms with Crippen molar-refractivity contribution < 1.29 is 4.79 Å². The molecule has 0 aliphatic carbocycles. The lowest BCUT2D eigenvalue weighted by molar-refractivity contribution is 0.0628. The zero-order valence-corrected chi connectivity index (χ0v) is 13.4. The van der Waals surface area contributed by atoms with E-state index in [-0.39, 0.29) is 5.91 Å². The Balaban J connectivity index is 1.54. The van der Waals surface area contributed by atoms with Gasteiger partial charge >= 0.3 is 0 Å². The number of pyridine rings is 1. The first-order valence-electron chi connectivity index (χ1n) is 7.94. The van der Waals surface area contributed by atoms with Crippen LogP contribution in [0.4, 0.5) is 5.69 Å². The van der Waals surface area contributed by atoms with Gasteiger partial charge in [-0.2, -0.15) is 0 Å². The number of hydrogen-bond acceptors (Lipinski definition) is 4. The third-order valence-corrected chi connectivity index (χ3v) is 4.21. The normalized spacial score (nSPS) is 15.4. The molecule has 23 heavy (non-hydrogen) atoms. The van der Waals surface area contributed by atoms with Crippen molar-refractivity contribution in [2.45, 2.75) is 6.54 Å². The number of benzene rings is 1. The van der Waals surface area contributed by atoms with Gasteiger partial charge in [-0.25, -0.2) is 0 Å². The molecule has 2 heterocycles. The molecule has 5 nitrogen and oxygen atoms in total. The number of hydrogen-bond donors (Lipinski definition) is 1. The summed E-state index contributed by atoms with van der Waals surface area (Å²) in [6.07, 6.45) is 3.69. The molecular weight excluding hydrogens is 288 g/mol. The van der Waals surface area contributed by atoms with Crippen LogP contribution in [0.25, 0.3) is 0 Å². The minimum atomic E-state index is 0.119. The standard InChI is InChI=1S/C18H22N4O/c1-19-17-6-4-16(5-7-17)18(23)22-11-9-21(10-12-22)14-15-3-2-8-20-13-15/h2-8,13,19H,9-12,14H2,1H3. The molecule has 1 amide bonds. The second-order valence-electron chi connectivity index (χ2n) is 5.76. The Bertz CT molecular complexity index is 634. The summed E-state index contributed by atoms with van der Waals surface area (Å²) in [6.45, 7) is 4.23. The number of nitrogens with one attached hydrogen (secondary N) is 1. The SMILES string of the molecule is CNc1ccc(C(=O)N2CCN(Cc3cccnc3)CC2)cc1. The summed E-state index contributed by atoms with van der Waals surface area (Å²) in [5.41, 5.74) is 2.99. The molecule has 0 bridgehead atoms. The Labute approximate surface area is 136 Å². The molecular formula is C18H22N4O. The van der Waals surface area contributed by atoms with E-state index in [2.05, 4.69) is 21.3 Å². The van der Waals surface area contributed by atoms with E-state index >= 15 is 0 Å². The highest BCUT2D eigenvalue weighted by Crippen LogP contribution is 2.13. The summed E-state index contributed by atoms with van der Waals surface area (Å²) in [7, 11) is 1.87. The van der Waals surface area contributed by atoms with E-state index in [1.54, 1.807) is 6.20 Å². The maximum absolute atomic E-state index is 12.5. The minimum Gasteiger partial charge on any atom is -0.388 e. The smallest absolute Gasteiger partial charge is 0.253 e. The van der Waals surface area contributed by atoms with Gasteiger partial charge < -0.3 is 10.2 Å². The molecule has 1 aromatic heterocycles. The summed E-state index contributed by atoms with van der Waals surface area (Å²) in [5, 5.41) is 3.06. The summed E-state index contributed by atoms with van der Waals surface area (Å²) < 4.78 is 0. The Morgan fingerprint density at radius 1 is 1.13 bits per heavy atom. The van der Waals surface area contributed by atoms with Crippen LogP contribution in [0.2, 0.25) is 0 Å². The van der Waals surface area contributed by atoms with Gasteiger partial charge in [-0.05, 0) is 35.9 Å². The zero-order chi connectivity index (χ0) is 16.1. The zero-order valence-electron chi connectivity index (χ0n) is 13.4. The Kier molecular flexibility index (Phi) is 4.88. The molecule has 0 unspecified atom stereocenters. The van der Waals surface area contributed by atoms with Crippen LogP contribution in [0.5, 0.6) is 0 Å². The first-order chi connectivity index (χ1) is 11.3. The highest BCUT2D eigenvalue weighted by atomic mass is 16.2. The predicted molar refractivity (Wildman–Crippen MR) is 91.4 cm³/mol. The van der Waals surface area contributed by atoms with Gasteiger partial charge in [0.25, 0.3) is 5.91 Å². The monoisotopic (exact) mass is 310 g/mol. The van der Waals surface area contributed by atoms with E-state index in [1.165, 1.54) is 5.56 Å². The molecule has 1 N–H and O–H groups in total. The topological polar surface area (TPSA) is 48.5 Å². The molecule has 0 spiro atoms. The van der Waals surface area contributed by atoms with Crippen molar-refractivity contribution in [1.82, 2.24) is 14.8 Å². The van der Waals surface area contributed by atoms with E-state index in [0.717, 1.165) is 44.0 Å². The lowest BCUT2D eigenvalue weighted by Crippen LogP contribution is -2.48. The minimum absolute atomic E-state index is 0.119. The van der Waals surface area contributed by atoms with E-state index < -0.39 is 0 Å². The molecule has 1 fully saturated rings. The molecule has 5 heteroatoms. The van der Waals surface area contributed by atoms with Gasteiger partial charge in [0.1, 0.15) is 0 Å². The Morgan fingerprint density at radius 2 is 1.87 bits per heavy atom. The lowest BCUT2D eigenvalue weighted by Gasteiger charge is -2.34. The van der Waals surface area contributed by atoms with Gasteiger partial charge in [-0.3, -0.25) is 14.7 Å². The average molecular weight is 310 g/mol. The number of aromatic nitrogens is 1. The second kappa shape index (κ2) is 7.24. The van der Waals surface area contributed by atoms with Gasteiger partial charge in [0.2, 0.25) is 0 Å². The van der Waals surface area contributed by atoms with Crippen molar-refractivity contribution >= 4 is 11.6 Å². The molecule has 0 saturated carbocycles. The van der Waals surface area contributed by atoms with Gasteiger partial charge in [-0.1, -0.05) is 6.07 Å². The number of rotatable bonds is 4. The third kappa shape index (κ3) is 3.87. The Hall–Kier alpha value is -2.40. The number of carbonyl (C=O) groups excluding carboxylic acids is 1. The third-order valence-electron chi connectivity index (χ3n) is 4.21. The largest absolute Gasteiger partial charge is 0.388 e. The van der Waals surface area contributed by atoms with Crippen LogP contribution in [0.3, 0.4) is 0 Å². The number of anilines is 1. The molecule has 1 aliphatic heterocycles. The fraction of sp³-hybridized carbons (Fsp3) is 0.333. The second-order valence-corrected chi connectivity index (χ2v) is 5.76. The van der Waals surface area contributed by atoms with Crippen LogP contribution in [0, 0.1) is 0 Å². The van der Waals surface area contributed by atoms with Crippen molar-refractivity contribution in [3.05, 3.63) is 59.9 Å². The molecule has 1 saturated heterocycles. The van der Waals surface area contributed by atoms with E-state index in [0.29, 0.717) is 0 Å². The van der Waals surface area contributed by atoms with Crippen molar-refractivity contribution in [3.8, 4) is 0 Å². The fourth-order valence-corrected chi connectivity index (χ4v) is 2.82. The summed E-state index contributed by atoms with van der Waals surface area (Å²) in [4.78, 5) is 21.0. The summed E-state index contributed by atoms with van der Waals surface area (Å²) in [5.74, 6) is 0.119. The van der Waals surface area contributed by atoms with Crippen LogP contribution in [0.1, 0.15) is 15.9 Å². The molecule has 0 radical (unpaired) electrons. The summed E-state index contributed by atoms with van der Waals surface area (Å²) in [6, 6.07) is 11.7. The fourth-order valence-electron chi connectivity index (χ4n) is 2.82. The van der Waals surface area contributed by atoms with Crippen molar-refractivity contribution in [2.75, 3.05) is 38.5 Å². The molecule has 2 aromatic rings. The quantitative estimate of drug-likeness (QED) is 0.939. The maximum Gasteiger partial charge on any atom is 0.253 e. The first kappa shape index (κ1) is 15.5. The molecule has 1 aliphatic rings. The molecule has 1 aromatic carbocycles. The van der Waals surface area contributed by atoms with Crippen LogP contribution in [-0.2, 0) is 6.54 Å². The van der Waals surface area contributed by atoms with E-state index in [9.17, 15) is 4.79 Å². The van der Waals surface area contributed by atoms with Gasteiger partial charge in [0.05, 0.1) is 0 Å². The van der Waals surface area contributed by atoms with Crippen LogP contribution in [0.15, 0.2) is 48.8 Å². The maximum atomic E-state index is 12.5. The number of nitrogens with zero attached hydrogens (tertiary/aromatic N) is 3. The van der Waals surface area contributed by atoms with Crippen molar-refractivity contribution in [3.63, 3.8) is 0 Å². The van der Waals surface area contributed by atoms with Gasteiger partial charge in [0, 0.05) is 63.4 Å². The molecule has 3 rings (SSSR count). The van der Waals surface area contributed by atoms with Crippen molar-refractivity contribution in [1.29, 1.82) is 0 Å². The number of amides is 1. The number of carbonyl (C=O) groups is 1.